The van der Waals surface area contributed by atoms with Gasteiger partial charge in [-0.15, -0.1) is 11.3 Å². The maximum atomic E-state index is 5.28. The number of hydrogen-bond donors (Lipinski definition) is 0. The van der Waals surface area contributed by atoms with Gasteiger partial charge in [0.25, 0.3) is 0 Å². The lowest BCUT2D eigenvalue weighted by Gasteiger charge is -1.97. The van der Waals surface area contributed by atoms with E-state index in [4.69, 9.17) is 4.42 Å². The molecule has 0 saturated carbocycles. The fourth-order valence-electron chi connectivity index (χ4n) is 2.28. The van der Waals surface area contributed by atoms with Crippen LogP contribution >= 0.6 is 11.3 Å². The van der Waals surface area contributed by atoms with Crippen molar-refractivity contribution in [2.75, 3.05) is 0 Å². The molecular weight excluding hydrogens is 282 g/mol. The molecule has 4 aromatic rings. The van der Waals surface area contributed by atoms with Crippen LogP contribution in [0.1, 0.15) is 5.69 Å². The van der Waals surface area contributed by atoms with Crippen molar-refractivity contribution in [3.8, 4) is 21.0 Å². The van der Waals surface area contributed by atoms with Gasteiger partial charge < -0.3 is 4.42 Å². The highest BCUT2D eigenvalue weighted by atomic mass is 32.1. The lowest BCUT2D eigenvalue weighted by atomic mass is 10.1. The standard InChI is InChI=1S/C16H11N3OS/c1-10-15(11-4-5-14-13(7-11)18-9-20-14)21-16(19-10)12-3-2-6-17-8-12/h2-9H,1H3. The summed E-state index contributed by atoms with van der Waals surface area (Å²) in [5.74, 6) is 0. The van der Waals surface area contributed by atoms with Crippen LogP contribution in [0.25, 0.3) is 32.1 Å². The lowest BCUT2D eigenvalue weighted by molar-refractivity contribution is 0.602. The van der Waals surface area contributed by atoms with E-state index in [1.165, 1.54) is 6.39 Å². The van der Waals surface area contributed by atoms with Crippen molar-refractivity contribution in [1.29, 1.82) is 0 Å². The number of aryl methyl sites for hydroxylation is 1. The molecule has 4 rings (SSSR count). The summed E-state index contributed by atoms with van der Waals surface area (Å²) in [7, 11) is 0. The van der Waals surface area contributed by atoms with Crippen molar-refractivity contribution in [1.82, 2.24) is 15.0 Å². The molecule has 1 aromatic carbocycles. The second-order valence-electron chi connectivity index (χ2n) is 4.71. The number of aromatic nitrogens is 3. The molecule has 0 aliphatic rings. The smallest absolute Gasteiger partial charge is 0.181 e. The van der Waals surface area contributed by atoms with Crippen LogP contribution in [0.15, 0.2) is 53.5 Å². The van der Waals surface area contributed by atoms with Crippen molar-refractivity contribution in [3.63, 3.8) is 0 Å². The van der Waals surface area contributed by atoms with Crippen LogP contribution in [-0.4, -0.2) is 15.0 Å². The Kier molecular flexibility index (Phi) is 2.79. The number of hydrogen-bond acceptors (Lipinski definition) is 5. The molecule has 0 aliphatic carbocycles. The van der Waals surface area contributed by atoms with Gasteiger partial charge in [0.05, 0.1) is 10.6 Å². The molecule has 102 valence electrons. The van der Waals surface area contributed by atoms with E-state index in [1.807, 2.05) is 43.5 Å². The van der Waals surface area contributed by atoms with Crippen LogP contribution in [0.5, 0.6) is 0 Å². The first-order valence-electron chi connectivity index (χ1n) is 6.53. The van der Waals surface area contributed by atoms with E-state index in [2.05, 4.69) is 15.0 Å². The average molecular weight is 293 g/mol. The fourth-order valence-corrected chi connectivity index (χ4v) is 3.33. The molecule has 0 saturated heterocycles. The highest BCUT2D eigenvalue weighted by Crippen LogP contribution is 2.35. The third-order valence-corrected chi connectivity index (χ3v) is 4.55. The van der Waals surface area contributed by atoms with Crippen molar-refractivity contribution in [2.24, 2.45) is 0 Å². The summed E-state index contributed by atoms with van der Waals surface area (Å²) in [5.41, 5.74) is 4.83. The molecule has 21 heavy (non-hydrogen) atoms. The fraction of sp³-hybridized carbons (Fsp3) is 0.0625. The average Bonchev–Trinajstić information content (AvgIpc) is 3.13. The van der Waals surface area contributed by atoms with Crippen LogP contribution in [0.4, 0.5) is 0 Å². The SMILES string of the molecule is Cc1nc(-c2cccnc2)sc1-c1ccc2ocnc2c1. The quantitative estimate of drug-likeness (QED) is 0.552. The van der Waals surface area contributed by atoms with Crippen LogP contribution in [0.2, 0.25) is 0 Å². The Labute approximate surface area is 125 Å². The molecule has 5 heteroatoms. The number of rotatable bonds is 2. The van der Waals surface area contributed by atoms with Gasteiger partial charge in [-0.2, -0.15) is 0 Å². The minimum Gasteiger partial charge on any atom is -0.443 e. The van der Waals surface area contributed by atoms with Gasteiger partial charge >= 0.3 is 0 Å². The zero-order chi connectivity index (χ0) is 14.2. The van der Waals surface area contributed by atoms with Crippen molar-refractivity contribution in [2.45, 2.75) is 6.92 Å². The lowest BCUT2D eigenvalue weighted by Crippen LogP contribution is -1.79. The Bertz CT molecular complexity index is 912. The second kappa shape index (κ2) is 4.79. The van der Waals surface area contributed by atoms with Gasteiger partial charge in [-0.3, -0.25) is 4.98 Å². The summed E-state index contributed by atoms with van der Waals surface area (Å²) in [5, 5.41) is 0.982. The summed E-state index contributed by atoms with van der Waals surface area (Å²) in [4.78, 5) is 14.2. The third kappa shape index (κ3) is 2.11. The number of benzene rings is 1. The van der Waals surface area contributed by atoms with Gasteiger partial charge in [0.15, 0.2) is 12.0 Å². The predicted molar refractivity (Wildman–Crippen MR) is 83.1 cm³/mol. The monoisotopic (exact) mass is 293 g/mol. The molecule has 0 aliphatic heterocycles. The Morgan fingerprint density at radius 1 is 1.14 bits per heavy atom. The number of thiazole rings is 1. The van der Waals surface area contributed by atoms with Crippen LogP contribution in [0, 0.1) is 6.92 Å². The van der Waals surface area contributed by atoms with Crippen LogP contribution in [-0.2, 0) is 0 Å². The van der Waals surface area contributed by atoms with E-state index in [9.17, 15) is 0 Å². The molecule has 0 N–H and O–H groups in total. The van der Waals surface area contributed by atoms with E-state index < -0.39 is 0 Å². The Morgan fingerprint density at radius 2 is 2.10 bits per heavy atom. The summed E-state index contributed by atoms with van der Waals surface area (Å²) in [6.07, 6.45) is 5.07. The van der Waals surface area contributed by atoms with Gasteiger partial charge in [-0.1, -0.05) is 0 Å². The maximum absolute atomic E-state index is 5.28. The zero-order valence-corrected chi connectivity index (χ0v) is 12.1. The van der Waals surface area contributed by atoms with E-state index >= 15 is 0 Å². The molecule has 0 unspecified atom stereocenters. The van der Waals surface area contributed by atoms with Crippen molar-refractivity contribution in [3.05, 3.63) is 54.8 Å². The topological polar surface area (TPSA) is 51.8 Å². The maximum Gasteiger partial charge on any atom is 0.181 e. The first-order valence-corrected chi connectivity index (χ1v) is 7.34. The van der Waals surface area contributed by atoms with Crippen molar-refractivity contribution < 1.29 is 4.42 Å². The molecule has 0 fully saturated rings. The molecule has 0 radical (unpaired) electrons. The van der Waals surface area contributed by atoms with Gasteiger partial charge in [0.1, 0.15) is 10.5 Å². The largest absolute Gasteiger partial charge is 0.443 e. The highest BCUT2D eigenvalue weighted by Gasteiger charge is 2.12. The molecule has 0 atom stereocenters. The summed E-state index contributed by atoms with van der Waals surface area (Å²) in [6, 6.07) is 9.97. The number of fused-ring (bicyclic) bond motifs is 1. The van der Waals surface area contributed by atoms with E-state index in [-0.39, 0.29) is 0 Å². The van der Waals surface area contributed by atoms with Gasteiger partial charge in [-0.05, 0) is 42.8 Å². The van der Waals surface area contributed by atoms with E-state index in [0.717, 1.165) is 37.8 Å². The first-order chi connectivity index (χ1) is 10.3. The molecule has 0 spiro atoms. The zero-order valence-electron chi connectivity index (χ0n) is 11.3. The molecule has 3 aromatic heterocycles. The van der Waals surface area contributed by atoms with Gasteiger partial charge in [0.2, 0.25) is 0 Å². The predicted octanol–water partition coefficient (Wildman–Crippen LogP) is 4.32. The third-order valence-electron chi connectivity index (χ3n) is 3.30. The Hall–Kier alpha value is -2.53. The number of oxazole rings is 1. The first kappa shape index (κ1) is 12.2. The minimum absolute atomic E-state index is 0.799. The number of pyridine rings is 1. The molecule has 0 bridgehead atoms. The molecule has 0 amide bonds. The Balaban J connectivity index is 1.83. The van der Waals surface area contributed by atoms with Gasteiger partial charge in [-0.25, -0.2) is 9.97 Å². The normalized spacial score (nSPS) is 11.1. The molecule has 3 heterocycles. The summed E-state index contributed by atoms with van der Waals surface area (Å²) >= 11 is 1.67. The van der Waals surface area contributed by atoms with Gasteiger partial charge in [0, 0.05) is 18.0 Å². The summed E-state index contributed by atoms with van der Waals surface area (Å²) in [6.45, 7) is 2.03. The van der Waals surface area contributed by atoms with Crippen LogP contribution in [0.3, 0.4) is 0 Å². The van der Waals surface area contributed by atoms with E-state index in [1.54, 1.807) is 17.5 Å². The summed E-state index contributed by atoms with van der Waals surface area (Å²) < 4.78 is 5.28. The van der Waals surface area contributed by atoms with Crippen LogP contribution < -0.4 is 0 Å². The molecular formula is C16H11N3OS. The van der Waals surface area contributed by atoms with E-state index in [0.29, 0.717) is 0 Å². The highest BCUT2D eigenvalue weighted by molar-refractivity contribution is 7.18. The number of nitrogens with zero attached hydrogens (tertiary/aromatic N) is 3. The second-order valence-corrected chi connectivity index (χ2v) is 5.71. The van der Waals surface area contributed by atoms with Crippen molar-refractivity contribution >= 4 is 22.4 Å². The minimum atomic E-state index is 0.799. The molecule has 4 nitrogen and oxygen atoms in total. The Morgan fingerprint density at radius 3 is 2.95 bits per heavy atom.